The molecule has 8 heteroatoms. The average molecular weight is 435 g/mol. The maximum absolute atomic E-state index is 11.6. The number of nitrogens with one attached hydrogen (secondary N) is 1. The van der Waals surface area contributed by atoms with Gasteiger partial charge in [-0.15, -0.1) is 11.3 Å². The standard InChI is InChI=1S/C22H18N4O2S2/c1-14-15(2)29-22(25-14)9-8-20-19-12-21(24-13-16(19)10-11-23-20)26-17-4-6-18(7-5-17)30(3,27)28/h4-7,10-13H,1-3H3,(H,24,26). The molecule has 0 aliphatic heterocycles. The fourth-order valence-corrected chi connectivity index (χ4v) is 4.20. The van der Waals surface area contributed by atoms with Gasteiger partial charge >= 0.3 is 0 Å². The van der Waals surface area contributed by atoms with E-state index in [9.17, 15) is 8.42 Å². The molecule has 0 fully saturated rings. The third-order valence-corrected chi connectivity index (χ3v) is 6.64. The van der Waals surface area contributed by atoms with Crippen LogP contribution in [0.25, 0.3) is 10.8 Å². The molecule has 0 aliphatic rings. The van der Waals surface area contributed by atoms with E-state index in [2.05, 4.69) is 32.1 Å². The highest BCUT2D eigenvalue weighted by molar-refractivity contribution is 7.90. The molecular formula is C22H18N4O2S2. The number of hydrogen-bond acceptors (Lipinski definition) is 7. The Morgan fingerprint density at radius 1 is 1.03 bits per heavy atom. The Morgan fingerprint density at radius 3 is 2.47 bits per heavy atom. The predicted molar refractivity (Wildman–Crippen MR) is 120 cm³/mol. The summed E-state index contributed by atoms with van der Waals surface area (Å²) in [5.74, 6) is 6.84. The van der Waals surface area contributed by atoms with Gasteiger partial charge in [0, 0.05) is 40.0 Å². The van der Waals surface area contributed by atoms with Gasteiger partial charge in [-0.05, 0) is 62.1 Å². The van der Waals surface area contributed by atoms with Crippen LogP contribution >= 0.6 is 11.3 Å². The predicted octanol–water partition coefficient (Wildman–Crippen LogP) is 4.25. The van der Waals surface area contributed by atoms with Crippen molar-refractivity contribution < 1.29 is 8.42 Å². The van der Waals surface area contributed by atoms with E-state index in [0.29, 0.717) is 11.5 Å². The zero-order valence-corrected chi connectivity index (χ0v) is 18.2. The monoisotopic (exact) mass is 434 g/mol. The summed E-state index contributed by atoms with van der Waals surface area (Å²) < 4.78 is 23.2. The molecule has 4 aromatic rings. The summed E-state index contributed by atoms with van der Waals surface area (Å²) in [5.41, 5.74) is 2.38. The van der Waals surface area contributed by atoms with Crippen LogP contribution in [-0.4, -0.2) is 29.6 Å². The van der Waals surface area contributed by atoms with Gasteiger partial charge in [0.25, 0.3) is 0 Å². The number of aryl methyl sites for hydroxylation is 2. The van der Waals surface area contributed by atoms with Crippen LogP contribution in [0.4, 0.5) is 11.5 Å². The first-order valence-corrected chi connectivity index (χ1v) is 11.8. The Labute approximate surface area is 179 Å². The van der Waals surface area contributed by atoms with Crippen molar-refractivity contribution in [2.75, 3.05) is 11.6 Å². The molecule has 4 rings (SSSR count). The molecule has 1 aromatic carbocycles. The zero-order chi connectivity index (χ0) is 21.3. The number of aromatic nitrogens is 3. The van der Waals surface area contributed by atoms with Gasteiger partial charge in [-0.25, -0.2) is 23.4 Å². The lowest BCUT2D eigenvalue weighted by Gasteiger charge is -2.08. The summed E-state index contributed by atoms with van der Waals surface area (Å²) in [7, 11) is -3.23. The first kappa shape index (κ1) is 20.0. The molecule has 6 nitrogen and oxygen atoms in total. The van der Waals surface area contributed by atoms with Crippen LogP contribution in [0, 0.1) is 25.7 Å². The number of hydrogen-bond donors (Lipinski definition) is 1. The lowest BCUT2D eigenvalue weighted by atomic mass is 10.1. The second kappa shape index (κ2) is 7.86. The first-order chi connectivity index (χ1) is 14.3. The van der Waals surface area contributed by atoms with Gasteiger partial charge in [0.15, 0.2) is 14.8 Å². The maximum atomic E-state index is 11.6. The molecule has 0 saturated carbocycles. The summed E-state index contributed by atoms with van der Waals surface area (Å²) in [6.07, 6.45) is 4.65. The molecule has 0 amide bonds. The van der Waals surface area contributed by atoms with Gasteiger partial charge in [0.05, 0.1) is 10.6 Å². The number of fused-ring (bicyclic) bond motifs is 1. The molecule has 0 radical (unpaired) electrons. The van der Waals surface area contributed by atoms with E-state index >= 15 is 0 Å². The first-order valence-electron chi connectivity index (χ1n) is 9.07. The molecule has 0 atom stereocenters. The van der Waals surface area contributed by atoms with Gasteiger partial charge in [-0.2, -0.15) is 0 Å². The molecule has 0 unspecified atom stereocenters. The van der Waals surface area contributed by atoms with Gasteiger partial charge in [0.1, 0.15) is 11.5 Å². The molecule has 0 aliphatic carbocycles. The third kappa shape index (κ3) is 4.32. The largest absolute Gasteiger partial charge is 0.340 e. The van der Waals surface area contributed by atoms with E-state index in [-0.39, 0.29) is 4.90 Å². The van der Waals surface area contributed by atoms with Crippen LogP contribution in [0.15, 0.2) is 53.7 Å². The Bertz CT molecular complexity index is 1390. The van der Waals surface area contributed by atoms with Crippen molar-refractivity contribution in [3.63, 3.8) is 0 Å². The summed E-state index contributed by atoms with van der Waals surface area (Å²) >= 11 is 1.57. The number of nitrogens with zero attached hydrogens (tertiary/aromatic N) is 3. The second-order valence-electron chi connectivity index (χ2n) is 6.78. The van der Waals surface area contributed by atoms with Crippen molar-refractivity contribution in [2.24, 2.45) is 0 Å². The quantitative estimate of drug-likeness (QED) is 0.485. The van der Waals surface area contributed by atoms with E-state index in [4.69, 9.17) is 0 Å². The van der Waals surface area contributed by atoms with Crippen molar-refractivity contribution in [2.45, 2.75) is 18.7 Å². The van der Waals surface area contributed by atoms with Gasteiger partial charge in [-0.3, -0.25) is 0 Å². The molecule has 150 valence electrons. The number of anilines is 2. The molecule has 0 bridgehead atoms. The number of rotatable bonds is 3. The fraction of sp³-hybridized carbons (Fsp3) is 0.136. The van der Waals surface area contributed by atoms with Crippen LogP contribution in [0.5, 0.6) is 0 Å². The highest BCUT2D eigenvalue weighted by Crippen LogP contribution is 2.23. The second-order valence-corrected chi connectivity index (χ2v) is 10.0. The summed E-state index contributed by atoms with van der Waals surface area (Å²) in [6.45, 7) is 4.00. The molecule has 0 spiro atoms. The smallest absolute Gasteiger partial charge is 0.175 e. The molecule has 3 aromatic heterocycles. The molecule has 3 heterocycles. The summed E-state index contributed by atoms with van der Waals surface area (Å²) in [4.78, 5) is 14.7. The Morgan fingerprint density at radius 2 is 1.80 bits per heavy atom. The van der Waals surface area contributed by atoms with E-state index in [1.807, 2.05) is 26.0 Å². The van der Waals surface area contributed by atoms with Gasteiger partial charge in [-0.1, -0.05) is 0 Å². The number of sulfone groups is 1. The van der Waals surface area contributed by atoms with Gasteiger partial charge < -0.3 is 5.32 Å². The molecular weight excluding hydrogens is 416 g/mol. The van der Waals surface area contributed by atoms with Gasteiger partial charge in [0.2, 0.25) is 0 Å². The topological polar surface area (TPSA) is 84.8 Å². The fourth-order valence-electron chi connectivity index (χ4n) is 2.81. The molecule has 30 heavy (non-hydrogen) atoms. The minimum absolute atomic E-state index is 0.272. The van der Waals surface area contributed by atoms with E-state index in [1.54, 1.807) is 48.0 Å². The van der Waals surface area contributed by atoms with Crippen LogP contribution in [0.1, 0.15) is 21.3 Å². The van der Waals surface area contributed by atoms with Crippen molar-refractivity contribution in [1.82, 2.24) is 15.0 Å². The minimum Gasteiger partial charge on any atom is -0.340 e. The average Bonchev–Trinajstić information content (AvgIpc) is 3.03. The van der Waals surface area contributed by atoms with Crippen LogP contribution in [-0.2, 0) is 9.84 Å². The number of thiazole rings is 1. The van der Waals surface area contributed by atoms with Crippen LogP contribution < -0.4 is 5.32 Å². The highest BCUT2D eigenvalue weighted by Gasteiger charge is 2.08. The Kier molecular flexibility index (Phi) is 5.24. The lowest BCUT2D eigenvalue weighted by molar-refractivity contribution is 0.602. The third-order valence-electron chi connectivity index (χ3n) is 4.52. The minimum atomic E-state index is -3.23. The summed E-state index contributed by atoms with van der Waals surface area (Å²) in [6, 6.07) is 10.3. The van der Waals surface area contributed by atoms with Crippen molar-refractivity contribution >= 4 is 43.5 Å². The number of pyridine rings is 2. The zero-order valence-electron chi connectivity index (χ0n) is 16.6. The lowest BCUT2D eigenvalue weighted by Crippen LogP contribution is -1.98. The van der Waals surface area contributed by atoms with Crippen LogP contribution in [0.2, 0.25) is 0 Å². The van der Waals surface area contributed by atoms with Crippen LogP contribution in [0.3, 0.4) is 0 Å². The highest BCUT2D eigenvalue weighted by atomic mass is 32.2. The Hall–Kier alpha value is -3.28. The SMILES string of the molecule is Cc1nc(C#Cc2nccc3cnc(Nc4ccc(S(C)(=O)=O)cc4)cc23)sc1C. The molecule has 1 N–H and O–H groups in total. The van der Waals surface area contributed by atoms with Crippen molar-refractivity contribution in [1.29, 1.82) is 0 Å². The van der Waals surface area contributed by atoms with E-state index < -0.39 is 9.84 Å². The summed E-state index contributed by atoms with van der Waals surface area (Å²) in [5, 5.41) is 5.76. The molecule has 0 saturated heterocycles. The Balaban J connectivity index is 1.66. The van der Waals surface area contributed by atoms with Crippen molar-refractivity contribution in [3.05, 3.63) is 70.1 Å². The number of benzene rings is 1. The maximum Gasteiger partial charge on any atom is 0.175 e. The van der Waals surface area contributed by atoms with E-state index in [0.717, 1.165) is 32.0 Å². The van der Waals surface area contributed by atoms with E-state index in [1.165, 1.54) is 6.26 Å². The van der Waals surface area contributed by atoms with Crippen molar-refractivity contribution in [3.8, 4) is 11.8 Å². The normalized spacial score (nSPS) is 11.2.